The lowest BCUT2D eigenvalue weighted by molar-refractivity contribution is 1.15. The Morgan fingerprint density at radius 2 is 0.776 bits per heavy atom. The Balaban J connectivity index is 1.26. The smallest absolute Gasteiger partial charge is 0.0702 e. The van der Waals surface area contributed by atoms with Gasteiger partial charge in [-0.2, -0.15) is 0 Å². The first-order valence-electron chi connectivity index (χ1n) is 19.9. The minimum absolute atomic E-state index is 1.08. The molecule has 0 unspecified atom stereocenters. The van der Waals surface area contributed by atoms with E-state index < -0.39 is 0 Å². The summed E-state index contributed by atoms with van der Waals surface area (Å²) in [6.07, 6.45) is 0. The van der Waals surface area contributed by atoms with Gasteiger partial charge in [0.25, 0.3) is 0 Å². The van der Waals surface area contributed by atoms with Crippen LogP contribution in [0.3, 0.4) is 0 Å². The number of nitrogens with zero attached hydrogens (tertiary/aromatic N) is 2. The van der Waals surface area contributed by atoms with Gasteiger partial charge in [-0.15, -0.1) is 0 Å². The number of hydrogen-bond donors (Lipinski definition) is 0. The van der Waals surface area contributed by atoms with E-state index in [1.165, 1.54) is 48.9 Å². The maximum Gasteiger partial charge on any atom is 0.0702 e. The predicted molar refractivity (Wildman–Crippen MR) is 247 cm³/mol. The highest BCUT2D eigenvalue weighted by Crippen LogP contribution is 2.49. The molecule has 0 saturated heterocycles. The minimum atomic E-state index is 1.08. The summed E-state index contributed by atoms with van der Waals surface area (Å²) in [5.74, 6) is 0. The highest BCUT2D eigenvalue weighted by molar-refractivity contribution is 6.14. The molecule has 0 fully saturated rings. The number of benzene rings is 10. The first-order valence-corrected chi connectivity index (χ1v) is 19.9. The normalized spacial score (nSPS) is 11.4. The second-order valence-electron chi connectivity index (χ2n) is 14.9. The van der Waals surface area contributed by atoms with Crippen LogP contribution >= 0.6 is 0 Å². The van der Waals surface area contributed by atoms with Gasteiger partial charge in [-0.25, -0.2) is 0 Å². The van der Waals surface area contributed by atoms with Crippen LogP contribution in [0, 0.1) is 0 Å². The van der Waals surface area contributed by atoms with E-state index in [2.05, 4.69) is 240 Å². The van der Waals surface area contributed by atoms with Gasteiger partial charge in [-0.3, -0.25) is 0 Å². The van der Waals surface area contributed by atoms with Crippen LogP contribution < -0.4 is 4.90 Å². The van der Waals surface area contributed by atoms with E-state index in [4.69, 9.17) is 0 Å². The first kappa shape index (κ1) is 33.6. The Bertz CT molecular complexity index is 3230. The van der Waals surface area contributed by atoms with E-state index in [1.54, 1.807) is 0 Å². The molecule has 0 spiro atoms. The average molecular weight is 739 g/mol. The van der Waals surface area contributed by atoms with Crippen molar-refractivity contribution < 1.29 is 0 Å². The first-order chi connectivity index (χ1) is 28.8. The molecular formula is C56H38N2. The SMILES string of the molecule is c1ccc(-c2ccccc2N(c2cc(-c3cc4ccccc4c4ccccc34)ccc2-c2ccccc2)c2ccccc2-n2c3ccccc3c3ccccc32)cc1. The van der Waals surface area contributed by atoms with Gasteiger partial charge in [0.2, 0.25) is 0 Å². The minimum Gasteiger partial charge on any atom is -0.307 e. The zero-order valence-electron chi connectivity index (χ0n) is 31.8. The van der Waals surface area contributed by atoms with Crippen molar-refractivity contribution in [3.05, 3.63) is 231 Å². The third kappa shape index (κ3) is 5.57. The lowest BCUT2D eigenvalue weighted by Gasteiger charge is -2.32. The standard InChI is InChI=1S/C56H38N2/c1-3-19-39(20-4-1)44-25-11-14-30-51(44)58(55-34-18-17-33-54(55)57-52-31-15-12-28-48(52)49-29-13-16-32-53(49)57)56-38-42(35-36-45(56)40-21-5-2-6-22-40)50-37-41-23-7-8-24-43(41)46-26-9-10-27-47(46)50/h1-38H. The lowest BCUT2D eigenvalue weighted by atomic mass is 9.91. The van der Waals surface area contributed by atoms with Crippen molar-refractivity contribution in [1.82, 2.24) is 4.57 Å². The Kier molecular flexibility index (Phi) is 8.19. The molecule has 0 N–H and O–H groups in total. The molecule has 2 nitrogen and oxygen atoms in total. The molecule has 1 aromatic heterocycles. The number of para-hydroxylation sites is 5. The molecule has 0 aliphatic carbocycles. The second-order valence-corrected chi connectivity index (χ2v) is 14.9. The molecule has 2 heteroatoms. The van der Waals surface area contributed by atoms with Gasteiger partial charge in [0.05, 0.1) is 33.8 Å². The fraction of sp³-hybridized carbons (Fsp3) is 0. The zero-order chi connectivity index (χ0) is 38.4. The maximum atomic E-state index is 2.51. The molecule has 0 atom stereocenters. The molecule has 11 aromatic rings. The van der Waals surface area contributed by atoms with Gasteiger partial charge in [0.15, 0.2) is 0 Å². The highest BCUT2D eigenvalue weighted by Gasteiger charge is 2.25. The summed E-state index contributed by atoms with van der Waals surface area (Å²) in [5, 5.41) is 7.46. The van der Waals surface area contributed by atoms with Crippen LogP contribution in [0.5, 0.6) is 0 Å². The van der Waals surface area contributed by atoms with Crippen molar-refractivity contribution in [2.45, 2.75) is 0 Å². The van der Waals surface area contributed by atoms with E-state index in [0.717, 1.165) is 50.6 Å². The van der Waals surface area contributed by atoms with Crippen LogP contribution in [0.25, 0.3) is 82.4 Å². The van der Waals surface area contributed by atoms with Crippen LogP contribution in [0.2, 0.25) is 0 Å². The third-order valence-electron chi connectivity index (χ3n) is 11.6. The molecule has 0 aliphatic rings. The topological polar surface area (TPSA) is 8.17 Å². The fourth-order valence-electron chi connectivity index (χ4n) is 8.98. The van der Waals surface area contributed by atoms with Gasteiger partial charge in [-0.05, 0) is 86.3 Å². The van der Waals surface area contributed by atoms with Crippen molar-refractivity contribution in [1.29, 1.82) is 0 Å². The molecule has 0 aliphatic heterocycles. The Morgan fingerprint density at radius 1 is 0.276 bits per heavy atom. The monoisotopic (exact) mass is 738 g/mol. The molecule has 0 saturated carbocycles. The molecule has 1 heterocycles. The van der Waals surface area contributed by atoms with Crippen molar-refractivity contribution in [3.8, 4) is 39.1 Å². The van der Waals surface area contributed by atoms with Gasteiger partial charge >= 0.3 is 0 Å². The van der Waals surface area contributed by atoms with Crippen molar-refractivity contribution in [2.75, 3.05) is 4.90 Å². The third-order valence-corrected chi connectivity index (χ3v) is 11.6. The molecule has 11 rings (SSSR count). The summed E-state index contributed by atoms with van der Waals surface area (Å²) in [6.45, 7) is 0. The van der Waals surface area contributed by atoms with E-state index in [-0.39, 0.29) is 0 Å². The van der Waals surface area contributed by atoms with Crippen LogP contribution in [-0.4, -0.2) is 4.57 Å². The number of anilines is 3. The lowest BCUT2D eigenvalue weighted by Crippen LogP contribution is -2.15. The number of aromatic nitrogens is 1. The molecule has 0 amide bonds. The quantitative estimate of drug-likeness (QED) is 0.148. The van der Waals surface area contributed by atoms with E-state index in [0.29, 0.717) is 0 Å². The van der Waals surface area contributed by atoms with E-state index >= 15 is 0 Å². The molecule has 58 heavy (non-hydrogen) atoms. The maximum absolute atomic E-state index is 2.51. The van der Waals surface area contributed by atoms with Crippen LogP contribution in [0.15, 0.2) is 231 Å². The average Bonchev–Trinajstić information content (AvgIpc) is 3.64. The van der Waals surface area contributed by atoms with Crippen molar-refractivity contribution >= 4 is 60.4 Å². The number of fused-ring (bicyclic) bond motifs is 6. The summed E-state index contributed by atoms with van der Waals surface area (Å²) in [5.41, 5.74) is 13.7. The molecule has 0 bridgehead atoms. The Hall–Kier alpha value is -7.68. The largest absolute Gasteiger partial charge is 0.307 e. The van der Waals surface area contributed by atoms with Crippen LogP contribution in [0.4, 0.5) is 17.1 Å². The highest BCUT2D eigenvalue weighted by atomic mass is 15.2. The molecule has 272 valence electrons. The van der Waals surface area contributed by atoms with Crippen LogP contribution in [0.1, 0.15) is 0 Å². The van der Waals surface area contributed by atoms with Crippen LogP contribution in [-0.2, 0) is 0 Å². The van der Waals surface area contributed by atoms with Crippen molar-refractivity contribution in [3.63, 3.8) is 0 Å². The Morgan fingerprint density at radius 3 is 1.47 bits per heavy atom. The number of hydrogen-bond acceptors (Lipinski definition) is 1. The van der Waals surface area contributed by atoms with Crippen molar-refractivity contribution in [2.24, 2.45) is 0 Å². The second kappa shape index (κ2) is 14.1. The molecule has 10 aromatic carbocycles. The predicted octanol–water partition coefficient (Wildman–Crippen LogP) is 15.6. The summed E-state index contributed by atoms with van der Waals surface area (Å²) in [6, 6.07) is 83.9. The summed E-state index contributed by atoms with van der Waals surface area (Å²) in [4.78, 5) is 2.51. The van der Waals surface area contributed by atoms with Gasteiger partial charge < -0.3 is 9.47 Å². The molecular weight excluding hydrogens is 701 g/mol. The van der Waals surface area contributed by atoms with E-state index in [9.17, 15) is 0 Å². The van der Waals surface area contributed by atoms with E-state index in [1.807, 2.05) is 0 Å². The summed E-state index contributed by atoms with van der Waals surface area (Å²) >= 11 is 0. The van der Waals surface area contributed by atoms with Gasteiger partial charge in [0, 0.05) is 21.9 Å². The number of rotatable bonds is 7. The Labute approximate surface area is 338 Å². The van der Waals surface area contributed by atoms with Gasteiger partial charge in [-0.1, -0.05) is 188 Å². The summed E-state index contributed by atoms with van der Waals surface area (Å²) in [7, 11) is 0. The van der Waals surface area contributed by atoms with Gasteiger partial charge in [0.1, 0.15) is 0 Å². The fourth-order valence-corrected chi connectivity index (χ4v) is 8.98. The summed E-state index contributed by atoms with van der Waals surface area (Å²) < 4.78 is 2.45. The molecule has 0 radical (unpaired) electrons. The zero-order valence-corrected chi connectivity index (χ0v) is 31.8.